The first-order chi connectivity index (χ1) is 17.0. The average Bonchev–Trinajstić information content (AvgIpc) is 2.85. The molecule has 0 heterocycles. The minimum atomic E-state index is -0.429. The van der Waals surface area contributed by atoms with E-state index in [1.54, 1.807) is 6.92 Å². The van der Waals surface area contributed by atoms with Crippen LogP contribution in [-0.2, 0) is 30.3 Å². The van der Waals surface area contributed by atoms with Crippen molar-refractivity contribution in [3.05, 3.63) is 56.8 Å². The van der Waals surface area contributed by atoms with Crippen LogP contribution in [0.25, 0.3) is 20.9 Å². The van der Waals surface area contributed by atoms with Crippen LogP contribution in [0.5, 0.6) is 0 Å². The van der Waals surface area contributed by atoms with Crippen LogP contribution in [-0.4, -0.2) is 57.2 Å². The van der Waals surface area contributed by atoms with Gasteiger partial charge in [0.15, 0.2) is 0 Å². The van der Waals surface area contributed by atoms with Crippen molar-refractivity contribution >= 4 is 5.97 Å². The lowest BCUT2D eigenvalue weighted by molar-refractivity contribution is -0.158. The first-order valence-corrected chi connectivity index (χ1v) is 12.0. The highest BCUT2D eigenvalue weighted by Gasteiger charge is 2.22. The van der Waals surface area contributed by atoms with Gasteiger partial charge in [0.05, 0.1) is 44.6 Å². The highest BCUT2D eigenvalue weighted by atomic mass is 16.6. The van der Waals surface area contributed by atoms with Crippen molar-refractivity contribution in [2.45, 2.75) is 71.4 Å². The molecular weight excluding hydrogens is 452 g/mol. The van der Waals surface area contributed by atoms with E-state index < -0.39 is 6.10 Å². The second-order valence-electron chi connectivity index (χ2n) is 8.43. The highest BCUT2D eigenvalue weighted by molar-refractivity contribution is 5.72. The topological polar surface area (TPSA) is 152 Å². The summed E-state index contributed by atoms with van der Waals surface area (Å²) in [5.41, 5.74) is 17.9. The summed E-state index contributed by atoms with van der Waals surface area (Å²) < 4.78 is 22.8. The predicted molar refractivity (Wildman–Crippen MR) is 132 cm³/mol. The molecule has 0 aliphatic heterocycles. The van der Waals surface area contributed by atoms with Crippen LogP contribution in [0.4, 0.5) is 0 Å². The Morgan fingerprint density at radius 2 is 1.49 bits per heavy atom. The van der Waals surface area contributed by atoms with E-state index in [1.807, 2.05) is 44.2 Å². The van der Waals surface area contributed by atoms with E-state index in [2.05, 4.69) is 20.1 Å². The van der Waals surface area contributed by atoms with Crippen LogP contribution in [0.1, 0.15) is 52.0 Å². The fourth-order valence-electron chi connectivity index (χ4n) is 3.20. The lowest BCUT2D eigenvalue weighted by Crippen LogP contribution is -2.29. The smallest absolute Gasteiger partial charge is 0.309 e. The van der Waals surface area contributed by atoms with Gasteiger partial charge in [-0.3, -0.25) is 4.79 Å². The molecule has 0 aliphatic carbocycles. The minimum Gasteiger partial charge on any atom is -0.460 e. The first-order valence-electron chi connectivity index (χ1n) is 12.0. The second kappa shape index (κ2) is 19.5. The summed E-state index contributed by atoms with van der Waals surface area (Å²) in [6, 6.07) is 9.97. The third-order valence-electron chi connectivity index (χ3n) is 5.11. The number of unbranched alkanes of at least 4 members (excludes halogenated alkanes) is 1. The minimum absolute atomic E-state index is 0.0734. The second-order valence-corrected chi connectivity index (χ2v) is 8.43. The SMILES string of the molecule is CC(COCc1ccccc1)OCC(C)OCC(C)OC(=O)C(CCCCN=[N+]=[N-])CCN=[N+]=[N-]. The number of ether oxygens (including phenoxy) is 4. The number of nitrogens with zero attached hydrogens (tertiary/aromatic N) is 6. The van der Waals surface area contributed by atoms with Crippen LogP contribution in [0.2, 0.25) is 0 Å². The number of azide groups is 2. The largest absolute Gasteiger partial charge is 0.460 e. The zero-order valence-electron chi connectivity index (χ0n) is 21.0. The van der Waals surface area contributed by atoms with Gasteiger partial charge >= 0.3 is 5.97 Å². The Balaban J connectivity index is 2.28. The van der Waals surface area contributed by atoms with Gasteiger partial charge in [-0.15, -0.1) is 0 Å². The molecule has 0 N–H and O–H groups in total. The Morgan fingerprint density at radius 3 is 2.17 bits per heavy atom. The number of hydrogen-bond donors (Lipinski definition) is 0. The molecule has 11 nitrogen and oxygen atoms in total. The monoisotopic (exact) mass is 490 g/mol. The van der Waals surface area contributed by atoms with Gasteiger partial charge in [0.25, 0.3) is 0 Å². The molecule has 0 aromatic heterocycles. The maximum absolute atomic E-state index is 12.6. The summed E-state index contributed by atoms with van der Waals surface area (Å²) in [5.74, 6) is -0.724. The molecule has 0 fully saturated rings. The summed E-state index contributed by atoms with van der Waals surface area (Å²) in [4.78, 5) is 18.1. The lowest BCUT2D eigenvalue weighted by Gasteiger charge is -2.22. The molecule has 0 saturated heterocycles. The maximum atomic E-state index is 12.6. The fraction of sp³-hybridized carbons (Fsp3) is 0.708. The first kappa shape index (κ1) is 30.2. The molecule has 4 unspecified atom stereocenters. The number of esters is 1. The number of benzene rings is 1. The Bertz CT molecular complexity index is 799. The number of rotatable bonds is 20. The summed E-state index contributed by atoms with van der Waals surface area (Å²) in [7, 11) is 0. The van der Waals surface area contributed by atoms with E-state index in [0.717, 1.165) is 5.56 Å². The quantitative estimate of drug-likeness (QED) is 0.0750. The molecule has 194 valence electrons. The van der Waals surface area contributed by atoms with Crippen LogP contribution >= 0.6 is 0 Å². The van der Waals surface area contributed by atoms with Crippen molar-refractivity contribution in [1.29, 1.82) is 0 Å². The summed E-state index contributed by atoms with van der Waals surface area (Å²) >= 11 is 0. The Morgan fingerprint density at radius 1 is 0.857 bits per heavy atom. The van der Waals surface area contributed by atoms with Gasteiger partial charge in [0, 0.05) is 22.9 Å². The zero-order chi connectivity index (χ0) is 25.7. The third-order valence-corrected chi connectivity index (χ3v) is 5.11. The van der Waals surface area contributed by atoms with E-state index in [9.17, 15) is 4.79 Å². The van der Waals surface area contributed by atoms with Crippen molar-refractivity contribution in [2.75, 3.05) is 32.9 Å². The average molecular weight is 491 g/mol. The Hall–Kier alpha value is -2.81. The van der Waals surface area contributed by atoms with Gasteiger partial charge in [-0.1, -0.05) is 47.0 Å². The summed E-state index contributed by atoms with van der Waals surface area (Å²) in [5, 5.41) is 7.01. The summed E-state index contributed by atoms with van der Waals surface area (Å²) in [6.45, 7) is 7.90. The molecule has 0 radical (unpaired) electrons. The number of carbonyl (C=O) groups excluding carboxylic acids is 1. The highest BCUT2D eigenvalue weighted by Crippen LogP contribution is 2.17. The van der Waals surface area contributed by atoms with E-state index in [0.29, 0.717) is 52.0 Å². The lowest BCUT2D eigenvalue weighted by atomic mass is 9.98. The molecule has 1 aromatic carbocycles. The van der Waals surface area contributed by atoms with Gasteiger partial charge < -0.3 is 18.9 Å². The predicted octanol–water partition coefficient (Wildman–Crippen LogP) is 5.74. The van der Waals surface area contributed by atoms with Gasteiger partial charge in [0.2, 0.25) is 0 Å². The zero-order valence-corrected chi connectivity index (χ0v) is 21.0. The molecule has 0 bridgehead atoms. The standard InChI is InChI=1S/C24H38N6O5/c1-19(15-32-18-22-9-5-4-6-10-22)33-16-20(2)34-17-21(3)35-24(31)23(12-14-28-30-26)11-7-8-13-27-29-25/h4-6,9-10,19-21,23H,7-8,11-18H2,1-3H3. The maximum Gasteiger partial charge on any atom is 0.309 e. The molecule has 1 aromatic rings. The molecule has 0 saturated carbocycles. The van der Waals surface area contributed by atoms with Crippen LogP contribution in [0, 0.1) is 5.92 Å². The van der Waals surface area contributed by atoms with E-state index >= 15 is 0 Å². The van der Waals surface area contributed by atoms with Gasteiger partial charge in [-0.25, -0.2) is 0 Å². The van der Waals surface area contributed by atoms with Crippen molar-refractivity contribution in [3.8, 4) is 0 Å². The third kappa shape index (κ3) is 15.7. The van der Waals surface area contributed by atoms with E-state index in [1.165, 1.54) is 0 Å². The van der Waals surface area contributed by atoms with E-state index in [-0.39, 0.29) is 37.2 Å². The molecule has 0 aliphatic rings. The molecular formula is C24H38N6O5. The molecule has 0 amide bonds. The number of carbonyl (C=O) groups is 1. The molecule has 4 atom stereocenters. The van der Waals surface area contributed by atoms with Gasteiger partial charge in [-0.2, -0.15) is 0 Å². The molecule has 0 spiro atoms. The Kier molecular flexibility index (Phi) is 16.8. The summed E-state index contributed by atoms with van der Waals surface area (Å²) in [6.07, 6.45) is 1.70. The van der Waals surface area contributed by atoms with Crippen molar-refractivity contribution < 1.29 is 23.7 Å². The van der Waals surface area contributed by atoms with Gasteiger partial charge in [0.1, 0.15) is 6.10 Å². The van der Waals surface area contributed by atoms with Crippen LogP contribution in [0.3, 0.4) is 0 Å². The van der Waals surface area contributed by atoms with Crippen LogP contribution in [0.15, 0.2) is 40.6 Å². The van der Waals surface area contributed by atoms with Crippen LogP contribution < -0.4 is 0 Å². The van der Waals surface area contributed by atoms with Gasteiger partial charge in [-0.05, 0) is 56.7 Å². The van der Waals surface area contributed by atoms with Crippen molar-refractivity contribution in [2.24, 2.45) is 16.1 Å². The normalized spacial score (nSPS) is 14.1. The number of hydrogen-bond acceptors (Lipinski definition) is 7. The Labute approximate surface area is 207 Å². The molecule has 11 heteroatoms. The fourth-order valence-corrected chi connectivity index (χ4v) is 3.20. The van der Waals surface area contributed by atoms with Crippen molar-refractivity contribution in [1.82, 2.24) is 0 Å². The molecule has 35 heavy (non-hydrogen) atoms. The van der Waals surface area contributed by atoms with E-state index in [4.69, 9.17) is 30.0 Å². The van der Waals surface area contributed by atoms with Crippen molar-refractivity contribution in [3.63, 3.8) is 0 Å². The molecule has 1 rings (SSSR count).